The van der Waals surface area contributed by atoms with Crippen molar-refractivity contribution in [3.63, 3.8) is 0 Å². The molecule has 2 aliphatic heterocycles. The summed E-state index contributed by atoms with van der Waals surface area (Å²) in [5.74, 6) is 4.37. The monoisotopic (exact) mass is 567 g/mol. The number of piperidine rings is 1. The summed E-state index contributed by atoms with van der Waals surface area (Å²) in [7, 11) is 3.70. The Morgan fingerprint density at radius 1 is 1.12 bits per heavy atom. The van der Waals surface area contributed by atoms with E-state index in [-0.39, 0.29) is 24.0 Å². The maximum absolute atomic E-state index is 5.28. The highest BCUT2D eigenvalue weighted by molar-refractivity contribution is 14.0. The number of aryl methyl sites for hydroxylation is 1. The van der Waals surface area contributed by atoms with Crippen molar-refractivity contribution in [3.05, 3.63) is 41.5 Å². The van der Waals surface area contributed by atoms with E-state index in [2.05, 4.69) is 37.4 Å². The zero-order valence-electron chi connectivity index (χ0n) is 20.2. The van der Waals surface area contributed by atoms with Gasteiger partial charge in [-0.15, -0.1) is 34.2 Å². The van der Waals surface area contributed by atoms with Gasteiger partial charge in [-0.3, -0.25) is 0 Å². The van der Waals surface area contributed by atoms with E-state index in [1.165, 1.54) is 50.9 Å². The third-order valence-electron chi connectivity index (χ3n) is 6.71. The molecule has 0 bridgehead atoms. The van der Waals surface area contributed by atoms with Crippen LogP contribution in [0.25, 0.3) is 0 Å². The van der Waals surface area contributed by atoms with Crippen molar-refractivity contribution in [2.24, 2.45) is 18.0 Å². The Kier molecular flexibility index (Phi) is 9.78. The molecule has 2 fully saturated rings. The van der Waals surface area contributed by atoms with Gasteiger partial charge in [0.25, 0.3) is 0 Å². The van der Waals surface area contributed by atoms with Gasteiger partial charge < -0.3 is 24.4 Å². The van der Waals surface area contributed by atoms with Crippen molar-refractivity contribution in [2.45, 2.75) is 45.7 Å². The molecule has 1 atom stereocenters. The molecular weight excluding hydrogens is 529 g/mol. The Labute approximate surface area is 214 Å². The first-order valence-electron chi connectivity index (χ1n) is 11.9. The first-order valence-corrected chi connectivity index (χ1v) is 11.9. The molecule has 182 valence electrons. The minimum Gasteiger partial charge on any atom is -0.497 e. The van der Waals surface area contributed by atoms with E-state index in [9.17, 15) is 0 Å². The highest BCUT2D eigenvalue weighted by Crippen LogP contribution is 2.20. The molecule has 2 saturated heterocycles. The van der Waals surface area contributed by atoms with Crippen molar-refractivity contribution in [3.8, 4) is 5.75 Å². The van der Waals surface area contributed by atoms with Crippen LogP contribution in [0.3, 0.4) is 0 Å². The second kappa shape index (κ2) is 12.5. The van der Waals surface area contributed by atoms with Gasteiger partial charge in [0.1, 0.15) is 11.6 Å². The predicted octanol–water partition coefficient (Wildman–Crippen LogP) is 3.20. The third kappa shape index (κ3) is 7.05. The molecule has 3 heterocycles. The highest BCUT2D eigenvalue weighted by Gasteiger charge is 2.27. The fourth-order valence-corrected chi connectivity index (χ4v) is 4.61. The molecule has 0 spiro atoms. The molecule has 1 aromatic heterocycles. The smallest absolute Gasteiger partial charge is 0.194 e. The van der Waals surface area contributed by atoms with E-state index >= 15 is 0 Å². The first-order chi connectivity index (χ1) is 15.6. The Morgan fingerprint density at radius 2 is 1.88 bits per heavy atom. The fourth-order valence-electron chi connectivity index (χ4n) is 4.61. The largest absolute Gasteiger partial charge is 0.497 e. The van der Waals surface area contributed by atoms with Crippen molar-refractivity contribution >= 4 is 29.9 Å². The van der Waals surface area contributed by atoms with Gasteiger partial charge in [0.2, 0.25) is 0 Å². The number of hydrogen-bond acceptors (Lipinski definition) is 5. The molecule has 8 nitrogen and oxygen atoms in total. The average Bonchev–Trinajstić information content (AvgIpc) is 3.41. The average molecular weight is 568 g/mol. The molecule has 33 heavy (non-hydrogen) atoms. The number of rotatable bonds is 7. The van der Waals surface area contributed by atoms with Crippen LogP contribution in [0, 0.1) is 12.8 Å². The minimum atomic E-state index is 0. The van der Waals surface area contributed by atoms with E-state index in [0.29, 0.717) is 19.0 Å². The Morgan fingerprint density at radius 3 is 2.55 bits per heavy atom. The SMILES string of the molecule is COc1ccc(CN=C(NCc2nnc(C)n2C)N2CCC(CN3CCCCC3)C2)cc1.I. The maximum atomic E-state index is 5.28. The van der Waals surface area contributed by atoms with Crippen LogP contribution >= 0.6 is 24.0 Å². The summed E-state index contributed by atoms with van der Waals surface area (Å²) in [6, 6.07) is 8.14. The number of aromatic nitrogens is 3. The van der Waals surface area contributed by atoms with Crippen molar-refractivity contribution < 1.29 is 4.74 Å². The summed E-state index contributed by atoms with van der Waals surface area (Å²) in [5, 5.41) is 12.0. The van der Waals surface area contributed by atoms with Gasteiger partial charge in [-0.05, 0) is 62.9 Å². The molecule has 2 aromatic rings. The lowest BCUT2D eigenvalue weighted by atomic mass is 10.1. The second-order valence-electron chi connectivity index (χ2n) is 9.03. The lowest BCUT2D eigenvalue weighted by Crippen LogP contribution is -2.41. The van der Waals surface area contributed by atoms with Gasteiger partial charge in [-0.2, -0.15) is 0 Å². The number of hydrogen-bond donors (Lipinski definition) is 1. The van der Waals surface area contributed by atoms with Crippen molar-refractivity contribution in [2.75, 3.05) is 39.8 Å². The Balaban J connectivity index is 0.00000306. The molecule has 2 aliphatic rings. The van der Waals surface area contributed by atoms with Crippen LogP contribution in [0.4, 0.5) is 0 Å². The molecule has 9 heteroatoms. The topological polar surface area (TPSA) is 70.8 Å². The van der Waals surface area contributed by atoms with Crippen LogP contribution in [-0.2, 0) is 20.1 Å². The zero-order chi connectivity index (χ0) is 22.3. The molecule has 4 rings (SSSR count). The molecular formula is C24H38IN7O. The number of halogens is 1. The highest BCUT2D eigenvalue weighted by atomic mass is 127. The van der Waals surface area contributed by atoms with Gasteiger partial charge >= 0.3 is 0 Å². The minimum absolute atomic E-state index is 0. The van der Waals surface area contributed by atoms with E-state index in [1.54, 1.807) is 7.11 Å². The maximum Gasteiger partial charge on any atom is 0.194 e. The summed E-state index contributed by atoms with van der Waals surface area (Å²) in [6.45, 7) is 9.07. The standard InChI is InChI=1S/C24H37N7O.HI/c1-19-27-28-23(29(19)2)16-26-24(25-15-20-7-9-22(32-3)10-8-20)31-14-11-21(18-31)17-30-12-5-4-6-13-30;/h7-10,21H,4-6,11-18H2,1-3H3,(H,25,26);1H. The van der Waals surface area contributed by atoms with Gasteiger partial charge in [-0.25, -0.2) is 4.99 Å². The number of nitrogens with one attached hydrogen (secondary N) is 1. The second-order valence-corrected chi connectivity index (χ2v) is 9.03. The van der Waals surface area contributed by atoms with E-state index in [1.807, 2.05) is 30.7 Å². The number of ether oxygens (including phenoxy) is 1. The van der Waals surface area contributed by atoms with Crippen LogP contribution in [0.15, 0.2) is 29.3 Å². The number of methoxy groups -OCH3 is 1. The summed E-state index contributed by atoms with van der Waals surface area (Å²) in [5.41, 5.74) is 1.17. The van der Waals surface area contributed by atoms with Gasteiger partial charge in [0.05, 0.1) is 20.2 Å². The zero-order valence-corrected chi connectivity index (χ0v) is 22.5. The number of likely N-dealkylation sites (tertiary alicyclic amines) is 2. The molecule has 1 aromatic carbocycles. The van der Waals surface area contributed by atoms with E-state index in [0.717, 1.165) is 36.4 Å². The quantitative estimate of drug-likeness (QED) is 0.315. The molecule has 0 saturated carbocycles. The molecule has 1 N–H and O–H groups in total. The number of benzene rings is 1. The normalized spacial score (nSPS) is 19.4. The van der Waals surface area contributed by atoms with Crippen LogP contribution in [-0.4, -0.2) is 70.4 Å². The van der Waals surface area contributed by atoms with E-state index in [4.69, 9.17) is 9.73 Å². The predicted molar refractivity (Wildman–Crippen MR) is 142 cm³/mol. The lowest BCUT2D eigenvalue weighted by molar-refractivity contribution is 0.198. The number of guanidine groups is 1. The summed E-state index contributed by atoms with van der Waals surface area (Å²) < 4.78 is 7.30. The summed E-state index contributed by atoms with van der Waals surface area (Å²) in [6.07, 6.45) is 5.32. The Hall–Kier alpha value is -1.88. The molecule has 0 amide bonds. The molecule has 1 unspecified atom stereocenters. The van der Waals surface area contributed by atoms with Crippen LogP contribution < -0.4 is 10.1 Å². The van der Waals surface area contributed by atoms with Crippen molar-refractivity contribution in [1.29, 1.82) is 0 Å². The first kappa shape index (κ1) is 25.7. The molecule has 0 radical (unpaired) electrons. The van der Waals surface area contributed by atoms with Crippen LogP contribution in [0.5, 0.6) is 5.75 Å². The Bertz CT molecular complexity index is 893. The van der Waals surface area contributed by atoms with Crippen LogP contribution in [0.1, 0.15) is 42.9 Å². The summed E-state index contributed by atoms with van der Waals surface area (Å²) in [4.78, 5) is 10.1. The van der Waals surface area contributed by atoms with Gasteiger partial charge in [-0.1, -0.05) is 18.6 Å². The van der Waals surface area contributed by atoms with Gasteiger partial charge in [0.15, 0.2) is 11.8 Å². The van der Waals surface area contributed by atoms with Crippen molar-refractivity contribution in [1.82, 2.24) is 29.9 Å². The summed E-state index contributed by atoms with van der Waals surface area (Å²) >= 11 is 0. The number of aliphatic imine (C=N–C) groups is 1. The van der Waals surface area contributed by atoms with E-state index < -0.39 is 0 Å². The van der Waals surface area contributed by atoms with Crippen LogP contribution in [0.2, 0.25) is 0 Å². The fraction of sp³-hybridized carbons (Fsp3) is 0.625. The lowest BCUT2D eigenvalue weighted by Gasteiger charge is -2.29. The number of nitrogens with zero attached hydrogens (tertiary/aromatic N) is 6. The van der Waals surface area contributed by atoms with Gasteiger partial charge in [0, 0.05) is 26.7 Å². The third-order valence-corrected chi connectivity index (χ3v) is 6.71. The molecule has 0 aliphatic carbocycles.